The highest BCUT2D eigenvalue weighted by Crippen LogP contribution is 2.37. The summed E-state index contributed by atoms with van der Waals surface area (Å²) < 4.78 is 27.0. The maximum atomic E-state index is 12.0. The van der Waals surface area contributed by atoms with Crippen molar-refractivity contribution in [2.75, 3.05) is 18.0 Å². The van der Waals surface area contributed by atoms with Crippen LogP contribution in [0, 0.1) is 0 Å². The van der Waals surface area contributed by atoms with Crippen LogP contribution < -0.4 is 10.5 Å². The van der Waals surface area contributed by atoms with E-state index in [1.54, 1.807) is 5.38 Å². The normalized spacial score (nSPS) is 25.2. The first kappa shape index (κ1) is 13.2. The van der Waals surface area contributed by atoms with Gasteiger partial charge in [-0.1, -0.05) is 0 Å². The van der Waals surface area contributed by atoms with Gasteiger partial charge in [0.05, 0.1) is 0 Å². The lowest BCUT2D eigenvalue weighted by Crippen LogP contribution is -2.36. The summed E-state index contributed by atoms with van der Waals surface area (Å²) in [5.41, 5.74) is 6.03. The number of hydrogen-bond acceptors (Lipinski definition) is 5. The molecule has 0 saturated carbocycles. The van der Waals surface area contributed by atoms with Crippen molar-refractivity contribution in [2.24, 2.45) is 0 Å². The van der Waals surface area contributed by atoms with E-state index >= 15 is 0 Å². The van der Waals surface area contributed by atoms with Gasteiger partial charge in [0, 0.05) is 22.4 Å². The first-order valence-electron chi connectivity index (χ1n) is 5.39. The molecular weight excluding hydrogens is 276 g/mol. The van der Waals surface area contributed by atoms with Crippen molar-refractivity contribution >= 4 is 38.8 Å². The molecule has 1 aromatic rings. The third-order valence-corrected chi connectivity index (χ3v) is 7.19. The minimum Gasteiger partial charge on any atom is -0.398 e. The molecule has 1 aromatic heterocycles. The quantitative estimate of drug-likeness (QED) is 0.889. The van der Waals surface area contributed by atoms with Crippen LogP contribution in [-0.2, 0) is 10.0 Å². The molecule has 4 nitrogen and oxygen atoms in total. The second-order valence-corrected chi connectivity index (χ2v) is 9.01. The molecule has 1 aliphatic rings. The highest BCUT2D eigenvalue weighted by molar-refractivity contribution is 8.01. The van der Waals surface area contributed by atoms with Gasteiger partial charge in [-0.05, 0) is 31.6 Å². The third-order valence-electron chi connectivity index (χ3n) is 2.80. The first-order valence-corrected chi connectivity index (χ1v) is 8.74. The molecule has 1 fully saturated rings. The topological polar surface area (TPSA) is 72.2 Å². The lowest BCUT2D eigenvalue weighted by Gasteiger charge is -2.22. The summed E-state index contributed by atoms with van der Waals surface area (Å²) in [6.07, 6.45) is 2.22. The van der Waals surface area contributed by atoms with Gasteiger partial charge in [0.25, 0.3) is 0 Å². The van der Waals surface area contributed by atoms with Gasteiger partial charge >= 0.3 is 0 Å². The van der Waals surface area contributed by atoms with E-state index in [4.69, 9.17) is 5.73 Å². The number of hydrogen-bond donors (Lipinski definition) is 2. The van der Waals surface area contributed by atoms with Gasteiger partial charge in [-0.2, -0.15) is 11.8 Å². The van der Waals surface area contributed by atoms with Crippen LogP contribution in [0.5, 0.6) is 0 Å². The van der Waals surface area contributed by atoms with Crippen molar-refractivity contribution < 1.29 is 8.42 Å². The summed E-state index contributed by atoms with van der Waals surface area (Å²) in [7, 11) is -3.39. The molecule has 1 saturated heterocycles. The highest BCUT2D eigenvalue weighted by Gasteiger charge is 2.31. The second-order valence-electron chi connectivity index (χ2n) is 4.43. The number of nitrogens with two attached hydrogens (primary N) is 1. The number of sulfonamides is 1. The molecule has 1 unspecified atom stereocenters. The van der Waals surface area contributed by atoms with Crippen LogP contribution in [0.25, 0.3) is 0 Å². The van der Waals surface area contributed by atoms with E-state index in [1.807, 2.05) is 11.8 Å². The van der Waals surface area contributed by atoms with Crippen molar-refractivity contribution in [1.82, 2.24) is 4.72 Å². The van der Waals surface area contributed by atoms with Gasteiger partial charge in [0.15, 0.2) is 0 Å². The molecular formula is C10H16N2O2S3. The monoisotopic (exact) mass is 292 g/mol. The van der Waals surface area contributed by atoms with Crippen LogP contribution in [0.15, 0.2) is 15.7 Å². The van der Waals surface area contributed by atoms with Crippen LogP contribution in [0.4, 0.5) is 5.69 Å². The number of rotatable bonds is 4. The fraction of sp³-hybridized carbons (Fsp3) is 0.600. The lowest BCUT2D eigenvalue weighted by molar-refractivity contribution is 0.554. The molecule has 3 N–H and O–H groups in total. The fourth-order valence-corrected chi connectivity index (χ4v) is 5.40. The maximum absolute atomic E-state index is 12.0. The van der Waals surface area contributed by atoms with E-state index in [2.05, 4.69) is 11.6 Å². The van der Waals surface area contributed by atoms with Crippen molar-refractivity contribution in [2.45, 2.75) is 28.7 Å². The number of nitrogens with one attached hydrogen (secondary N) is 1. The van der Waals surface area contributed by atoms with E-state index in [0.717, 1.165) is 29.9 Å². The highest BCUT2D eigenvalue weighted by atomic mass is 32.2. The molecule has 2 rings (SSSR count). The van der Waals surface area contributed by atoms with Gasteiger partial charge in [0.1, 0.15) is 4.21 Å². The van der Waals surface area contributed by atoms with Gasteiger partial charge in [-0.3, -0.25) is 0 Å². The van der Waals surface area contributed by atoms with Crippen LogP contribution in [0.2, 0.25) is 0 Å². The Morgan fingerprint density at radius 2 is 2.35 bits per heavy atom. The third kappa shape index (κ3) is 3.15. The Morgan fingerprint density at radius 3 is 2.88 bits per heavy atom. The van der Waals surface area contributed by atoms with Gasteiger partial charge in [0.2, 0.25) is 10.0 Å². The minimum absolute atomic E-state index is 0.0376. The molecule has 1 aliphatic heterocycles. The largest absolute Gasteiger partial charge is 0.398 e. The average Bonchev–Trinajstić information content (AvgIpc) is 2.86. The zero-order valence-electron chi connectivity index (χ0n) is 9.60. The summed E-state index contributed by atoms with van der Waals surface area (Å²) >= 11 is 2.99. The summed E-state index contributed by atoms with van der Waals surface area (Å²) in [4.78, 5) is 0. The smallest absolute Gasteiger partial charge is 0.250 e. The van der Waals surface area contributed by atoms with Crippen molar-refractivity contribution in [3.63, 3.8) is 0 Å². The summed E-state index contributed by atoms with van der Waals surface area (Å²) in [6, 6.07) is 1.50. The second kappa shape index (κ2) is 4.79. The van der Waals surface area contributed by atoms with Crippen molar-refractivity contribution in [3.05, 3.63) is 11.4 Å². The zero-order chi connectivity index (χ0) is 12.5. The number of nitrogen functional groups attached to an aromatic ring is 1. The molecule has 0 radical (unpaired) electrons. The fourth-order valence-electron chi connectivity index (χ4n) is 1.77. The van der Waals surface area contributed by atoms with E-state index < -0.39 is 10.0 Å². The van der Waals surface area contributed by atoms with E-state index in [-0.39, 0.29) is 4.75 Å². The Morgan fingerprint density at radius 1 is 1.59 bits per heavy atom. The van der Waals surface area contributed by atoms with Crippen molar-refractivity contribution in [1.29, 1.82) is 0 Å². The maximum Gasteiger partial charge on any atom is 0.250 e. The Bertz CT molecular complexity index is 489. The van der Waals surface area contributed by atoms with E-state index in [1.165, 1.54) is 6.07 Å². The van der Waals surface area contributed by atoms with Gasteiger partial charge < -0.3 is 5.73 Å². The molecule has 17 heavy (non-hydrogen) atoms. The molecule has 2 heterocycles. The molecule has 0 amide bonds. The van der Waals surface area contributed by atoms with E-state index in [9.17, 15) is 8.42 Å². The Labute approximate surface area is 110 Å². The van der Waals surface area contributed by atoms with Crippen LogP contribution in [0.3, 0.4) is 0 Å². The summed E-state index contributed by atoms with van der Waals surface area (Å²) in [6.45, 7) is 2.59. The molecule has 1 atom stereocenters. The standard InChI is InChI=1S/C10H16N2O2S3/c1-10(3-2-4-16-10)7-12-17(13,14)9-5-8(11)6-15-9/h5-6,12H,2-4,7,11H2,1H3. The van der Waals surface area contributed by atoms with Crippen LogP contribution in [-0.4, -0.2) is 25.5 Å². The van der Waals surface area contributed by atoms with Crippen LogP contribution in [0.1, 0.15) is 19.8 Å². The molecule has 0 aromatic carbocycles. The molecule has 0 spiro atoms. The minimum atomic E-state index is -3.39. The predicted molar refractivity (Wildman–Crippen MR) is 74.0 cm³/mol. The first-order chi connectivity index (χ1) is 7.91. The Balaban J connectivity index is 2.03. The molecule has 7 heteroatoms. The van der Waals surface area contributed by atoms with Gasteiger partial charge in [-0.15, -0.1) is 11.3 Å². The van der Waals surface area contributed by atoms with E-state index in [0.29, 0.717) is 16.4 Å². The predicted octanol–water partition coefficient (Wildman–Crippen LogP) is 1.89. The van der Waals surface area contributed by atoms with Crippen LogP contribution >= 0.6 is 23.1 Å². The molecule has 96 valence electrons. The lowest BCUT2D eigenvalue weighted by atomic mass is 10.1. The summed E-state index contributed by atoms with van der Waals surface area (Å²) in [5, 5.41) is 1.64. The number of thiophene rings is 1. The molecule has 0 bridgehead atoms. The Hall–Kier alpha value is -0.240. The average molecular weight is 292 g/mol. The number of anilines is 1. The summed E-state index contributed by atoms with van der Waals surface area (Å²) in [5.74, 6) is 1.12. The molecule has 0 aliphatic carbocycles. The zero-order valence-corrected chi connectivity index (χ0v) is 12.1. The Kier molecular flexibility index (Phi) is 3.72. The SMILES string of the molecule is CC1(CNS(=O)(=O)c2cc(N)cs2)CCCS1. The number of thioether (sulfide) groups is 1. The van der Waals surface area contributed by atoms with Gasteiger partial charge in [-0.25, -0.2) is 13.1 Å². The van der Waals surface area contributed by atoms with Crippen molar-refractivity contribution in [3.8, 4) is 0 Å².